The molecule has 0 atom stereocenters. The number of carbonyl (C=O) groups is 1. The minimum absolute atomic E-state index is 0.0120. The summed E-state index contributed by atoms with van der Waals surface area (Å²) in [6.07, 6.45) is 5.10. The van der Waals surface area contributed by atoms with Crippen LogP contribution in [0.3, 0.4) is 0 Å². The fraction of sp³-hybridized carbons (Fsp3) is 0.391. The first-order valence-electron chi connectivity index (χ1n) is 10.0. The summed E-state index contributed by atoms with van der Waals surface area (Å²) in [5.74, 6) is 2.15. The summed E-state index contributed by atoms with van der Waals surface area (Å²) in [6.45, 7) is 11.8. The number of aryl methyl sites for hydroxylation is 2. The van der Waals surface area contributed by atoms with Crippen molar-refractivity contribution in [2.45, 2.75) is 20.4 Å². The Labute approximate surface area is 177 Å². The van der Waals surface area contributed by atoms with Crippen LogP contribution < -0.4 is 9.47 Å². The molecule has 30 heavy (non-hydrogen) atoms. The Hall–Kier alpha value is -3.06. The Morgan fingerprint density at radius 2 is 2.00 bits per heavy atom. The first-order valence-corrected chi connectivity index (χ1v) is 10.0. The van der Waals surface area contributed by atoms with Crippen molar-refractivity contribution in [2.75, 3.05) is 39.9 Å². The molecule has 0 spiro atoms. The number of hydrogen-bond donors (Lipinski definition) is 0. The topological polar surface area (TPSA) is 68.0 Å². The SMILES string of the molecule is C=CCOc1ccc(/C=C/C(=O)N2CCN(Cc3c(C)noc3C)CC2)cc1OC. The Morgan fingerprint density at radius 3 is 2.63 bits per heavy atom. The van der Waals surface area contributed by atoms with E-state index in [-0.39, 0.29) is 5.91 Å². The second-order valence-electron chi connectivity index (χ2n) is 7.25. The molecule has 1 saturated heterocycles. The van der Waals surface area contributed by atoms with Gasteiger partial charge in [-0.25, -0.2) is 0 Å². The highest BCUT2D eigenvalue weighted by atomic mass is 16.5. The van der Waals surface area contributed by atoms with E-state index in [9.17, 15) is 4.79 Å². The van der Waals surface area contributed by atoms with Gasteiger partial charge in [-0.15, -0.1) is 0 Å². The summed E-state index contributed by atoms with van der Waals surface area (Å²) in [5.41, 5.74) is 2.96. The van der Waals surface area contributed by atoms with Crippen LogP contribution in [0, 0.1) is 13.8 Å². The third-order valence-electron chi connectivity index (χ3n) is 5.21. The zero-order valence-corrected chi connectivity index (χ0v) is 17.9. The summed E-state index contributed by atoms with van der Waals surface area (Å²) in [5, 5.41) is 4.01. The van der Waals surface area contributed by atoms with Crippen LogP contribution in [-0.4, -0.2) is 60.8 Å². The average molecular weight is 412 g/mol. The second kappa shape index (κ2) is 10.1. The van der Waals surface area contributed by atoms with Gasteiger partial charge in [-0.1, -0.05) is 23.9 Å². The van der Waals surface area contributed by atoms with E-state index in [0.717, 1.165) is 42.2 Å². The number of rotatable bonds is 8. The molecule has 7 heteroatoms. The molecular weight excluding hydrogens is 382 g/mol. The zero-order chi connectivity index (χ0) is 21.5. The summed E-state index contributed by atoms with van der Waals surface area (Å²) in [6, 6.07) is 5.58. The van der Waals surface area contributed by atoms with Crippen LogP contribution in [0.2, 0.25) is 0 Å². The third kappa shape index (κ3) is 5.30. The number of nitrogens with zero attached hydrogens (tertiary/aromatic N) is 3. The molecule has 3 rings (SSSR count). The highest BCUT2D eigenvalue weighted by Crippen LogP contribution is 2.28. The molecule has 0 aliphatic carbocycles. The van der Waals surface area contributed by atoms with Crippen LogP contribution in [0.15, 0.2) is 41.5 Å². The molecule has 2 heterocycles. The molecule has 0 N–H and O–H groups in total. The van der Waals surface area contributed by atoms with E-state index >= 15 is 0 Å². The van der Waals surface area contributed by atoms with Gasteiger partial charge in [0.1, 0.15) is 12.4 Å². The van der Waals surface area contributed by atoms with E-state index in [1.807, 2.05) is 36.9 Å². The Morgan fingerprint density at radius 1 is 1.23 bits per heavy atom. The summed E-state index contributed by atoms with van der Waals surface area (Å²) in [4.78, 5) is 16.8. The first-order chi connectivity index (χ1) is 14.5. The average Bonchev–Trinajstić information content (AvgIpc) is 3.08. The molecule has 160 valence electrons. The number of hydrogen-bond acceptors (Lipinski definition) is 6. The largest absolute Gasteiger partial charge is 0.493 e. The molecule has 1 aliphatic heterocycles. The van der Waals surface area contributed by atoms with Crippen molar-refractivity contribution in [3.63, 3.8) is 0 Å². The minimum Gasteiger partial charge on any atom is -0.493 e. The standard InChI is InChI=1S/C23H29N3O4/c1-5-14-29-21-8-6-19(15-22(21)28-4)7-9-23(27)26-12-10-25(11-13-26)16-20-17(2)24-30-18(20)3/h5-9,15H,1,10-14,16H2,2-4H3/b9-7+. The predicted octanol–water partition coefficient (Wildman–Crippen LogP) is 3.22. The van der Waals surface area contributed by atoms with Crippen LogP contribution in [-0.2, 0) is 11.3 Å². The van der Waals surface area contributed by atoms with Crippen molar-refractivity contribution in [1.82, 2.24) is 15.0 Å². The summed E-state index contributed by atoms with van der Waals surface area (Å²) < 4.78 is 16.2. The van der Waals surface area contributed by atoms with E-state index in [0.29, 0.717) is 31.2 Å². The fourth-order valence-electron chi connectivity index (χ4n) is 3.41. The molecular formula is C23H29N3O4. The first kappa shape index (κ1) is 21.6. The van der Waals surface area contributed by atoms with Crippen LogP contribution >= 0.6 is 0 Å². The van der Waals surface area contributed by atoms with Crippen molar-refractivity contribution in [3.8, 4) is 11.5 Å². The highest BCUT2D eigenvalue weighted by Gasteiger charge is 2.21. The number of benzene rings is 1. The van der Waals surface area contributed by atoms with E-state index in [4.69, 9.17) is 14.0 Å². The van der Waals surface area contributed by atoms with Crippen molar-refractivity contribution in [2.24, 2.45) is 0 Å². The number of piperazine rings is 1. The maximum Gasteiger partial charge on any atom is 0.246 e. The Balaban J connectivity index is 1.54. The van der Waals surface area contributed by atoms with Gasteiger partial charge < -0.3 is 18.9 Å². The van der Waals surface area contributed by atoms with Gasteiger partial charge >= 0.3 is 0 Å². The minimum atomic E-state index is 0.0120. The van der Waals surface area contributed by atoms with Gasteiger partial charge in [0.05, 0.1) is 12.8 Å². The van der Waals surface area contributed by atoms with Crippen LogP contribution in [0.4, 0.5) is 0 Å². The van der Waals surface area contributed by atoms with Crippen molar-refractivity contribution in [3.05, 3.63) is 59.5 Å². The van der Waals surface area contributed by atoms with Gasteiger partial charge in [0, 0.05) is 44.4 Å². The monoisotopic (exact) mass is 411 g/mol. The normalized spacial score (nSPS) is 14.8. The molecule has 7 nitrogen and oxygen atoms in total. The quantitative estimate of drug-likeness (QED) is 0.491. The fourth-order valence-corrected chi connectivity index (χ4v) is 3.41. The van der Waals surface area contributed by atoms with E-state index in [1.165, 1.54) is 0 Å². The lowest BCUT2D eigenvalue weighted by Gasteiger charge is -2.34. The van der Waals surface area contributed by atoms with Gasteiger partial charge in [0.2, 0.25) is 5.91 Å². The van der Waals surface area contributed by atoms with Crippen molar-refractivity contribution in [1.29, 1.82) is 0 Å². The zero-order valence-electron chi connectivity index (χ0n) is 17.9. The van der Waals surface area contributed by atoms with Crippen molar-refractivity contribution < 1.29 is 18.8 Å². The van der Waals surface area contributed by atoms with Crippen LogP contribution in [0.25, 0.3) is 6.08 Å². The second-order valence-corrected chi connectivity index (χ2v) is 7.25. The van der Waals surface area contributed by atoms with Gasteiger partial charge in [0.15, 0.2) is 11.5 Å². The molecule has 0 unspecified atom stereocenters. The predicted molar refractivity (Wildman–Crippen MR) is 116 cm³/mol. The highest BCUT2D eigenvalue weighted by molar-refractivity contribution is 5.92. The summed E-state index contributed by atoms with van der Waals surface area (Å²) >= 11 is 0. The molecule has 0 saturated carbocycles. The smallest absolute Gasteiger partial charge is 0.246 e. The van der Waals surface area contributed by atoms with Gasteiger partial charge in [-0.3, -0.25) is 9.69 Å². The molecule has 2 aromatic rings. The molecule has 1 fully saturated rings. The van der Waals surface area contributed by atoms with Crippen LogP contribution in [0.1, 0.15) is 22.6 Å². The number of methoxy groups -OCH3 is 1. The molecule has 1 aromatic heterocycles. The lowest BCUT2D eigenvalue weighted by atomic mass is 10.1. The third-order valence-corrected chi connectivity index (χ3v) is 5.21. The molecule has 0 bridgehead atoms. The number of amides is 1. The number of ether oxygens (including phenoxy) is 2. The molecule has 1 aromatic carbocycles. The Kier molecular flexibility index (Phi) is 7.30. The summed E-state index contributed by atoms with van der Waals surface area (Å²) in [7, 11) is 1.59. The lowest BCUT2D eigenvalue weighted by Crippen LogP contribution is -2.47. The number of aromatic nitrogens is 1. The van der Waals surface area contributed by atoms with E-state index in [1.54, 1.807) is 25.3 Å². The maximum absolute atomic E-state index is 12.6. The van der Waals surface area contributed by atoms with Crippen LogP contribution in [0.5, 0.6) is 11.5 Å². The van der Waals surface area contributed by atoms with Gasteiger partial charge in [-0.05, 0) is 37.6 Å². The molecule has 1 aliphatic rings. The Bertz CT molecular complexity index is 892. The molecule has 1 amide bonds. The van der Waals surface area contributed by atoms with E-state index in [2.05, 4.69) is 16.6 Å². The van der Waals surface area contributed by atoms with Crippen molar-refractivity contribution >= 4 is 12.0 Å². The molecule has 0 radical (unpaired) electrons. The van der Waals surface area contributed by atoms with E-state index < -0.39 is 0 Å². The van der Waals surface area contributed by atoms with Gasteiger partial charge in [-0.2, -0.15) is 0 Å². The maximum atomic E-state index is 12.6. The lowest BCUT2D eigenvalue weighted by molar-refractivity contribution is -0.127. The number of carbonyl (C=O) groups excluding carboxylic acids is 1. The van der Waals surface area contributed by atoms with Gasteiger partial charge in [0.25, 0.3) is 0 Å².